The number of carbonyl (C=O) groups is 2. The van der Waals surface area contributed by atoms with Gasteiger partial charge in [-0.1, -0.05) is 6.42 Å². The van der Waals surface area contributed by atoms with E-state index in [-0.39, 0.29) is 23.1 Å². The van der Waals surface area contributed by atoms with Crippen LogP contribution in [0.4, 0.5) is 5.69 Å². The highest BCUT2D eigenvalue weighted by Crippen LogP contribution is 2.19. The van der Waals surface area contributed by atoms with Crippen molar-refractivity contribution in [3.05, 3.63) is 37.4 Å². The molecule has 1 saturated heterocycles. The largest absolute Gasteiger partial charge is 0.350 e. The van der Waals surface area contributed by atoms with E-state index >= 15 is 0 Å². The van der Waals surface area contributed by atoms with Gasteiger partial charge in [0.1, 0.15) is 0 Å². The molecule has 8 heteroatoms. The Balaban J connectivity index is 1.93. The number of non-ortho nitro benzene ring substituents is 1. The van der Waals surface area contributed by atoms with Crippen molar-refractivity contribution >= 4 is 40.1 Å². The minimum atomic E-state index is -0.525. The molecule has 1 aliphatic rings. The molecule has 1 aromatic rings. The molecule has 0 unspecified atom stereocenters. The van der Waals surface area contributed by atoms with Crippen molar-refractivity contribution in [2.75, 3.05) is 19.6 Å². The molecule has 7 nitrogen and oxygen atoms in total. The van der Waals surface area contributed by atoms with Crippen molar-refractivity contribution in [3.8, 4) is 0 Å². The SMILES string of the molecule is O=C(NCCN1CCCCCC1=O)c1cc([N+](=O)[O-])ccc1I. The van der Waals surface area contributed by atoms with Crippen LogP contribution in [0.3, 0.4) is 0 Å². The van der Waals surface area contributed by atoms with Crippen LogP contribution in [0.1, 0.15) is 36.0 Å². The van der Waals surface area contributed by atoms with Crippen LogP contribution in [0.5, 0.6) is 0 Å². The number of nitro benzene ring substituents is 1. The van der Waals surface area contributed by atoms with Gasteiger partial charge in [0.25, 0.3) is 11.6 Å². The molecule has 0 atom stereocenters. The molecular weight excluding hydrogens is 413 g/mol. The zero-order valence-electron chi connectivity index (χ0n) is 12.6. The second-order valence-electron chi connectivity index (χ2n) is 5.37. The van der Waals surface area contributed by atoms with E-state index in [0.717, 1.165) is 25.8 Å². The second-order valence-corrected chi connectivity index (χ2v) is 6.53. The number of rotatable bonds is 5. The normalized spacial score (nSPS) is 15.2. The Kier molecular flexibility index (Phi) is 6.31. The molecule has 23 heavy (non-hydrogen) atoms. The van der Waals surface area contributed by atoms with Gasteiger partial charge in [0.05, 0.1) is 10.5 Å². The van der Waals surface area contributed by atoms with Gasteiger partial charge in [-0.25, -0.2) is 0 Å². The highest BCUT2D eigenvalue weighted by Gasteiger charge is 2.18. The number of hydrogen-bond donors (Lipinski definition) is 1. The summed E-state index contributed by atoms with van der Waals surface area (Å²) in [6, 6.07) is 4.19. The molecule has 0 spiro atoms. The molecule has 0 aromatic heterocycles. The number of halogens is 1. The quantitative estimate of drug-likeness (QED) is 0.440. The molecule has 2 rings (SSSR count). The lowest BCUT2D eigenvalue weighted by atomic mass is 10.2. The van der Waals surface area contributed by atoms with E-state index in [1.54, 1.807) is 11.0 Å². The molecule has 2 amide bonds. The van der Waals surface area contributed by atoms with Crippen LogP contribution in [0.2, 0.25) is 0 Å². The molecule has 1 heterocycles. The lowest BCUT2D eigenvalue weighted by Gasteiger charge is -2.20. The Labute approximate surface area is 147 Å². The summed E-state index contributed by atoms with van der Waals surface area (Å²) in [7, 11) is 0. The lowest BCUT2D eigenvalue weighted by Crippen LogP contribution is -2.38. The molecule has 1 N–H and O–H groups in total. The first-order valence-electron chi connectivity index (χ1n) is 7.49. The van der Waals surface area contributed by atoms with E-state index in [4.69, 9.17) is 0 Å². The third-order valence-electron chi connectivity index (χ3n) is 3.74. The summed E-state index contributed by atoms with van der Waals surface area (Å²) in [5.74, 6) is -0.234. The van der Waals surface area contributed by atoms with E-state index in [1.165, 1.54) is 12.1 Å². The molecule has 0 saturated carbocycles. The number of benzene rings is 1. The second kappa shape index (κ2) is 8.23. The number of nitro groups is 1. The molecule has 0 aliphatic carbocycles. The third kappa shape index (κ3) is 4.88. The molecule has 0 radical (unpaired) electrons. The van der Waals surface area contributed by atoms with Crippen LogP contribution in [0.15, 0.2) is 18.2 Å². The van der Waals surface area contributed by atoms with Crippen molar-refractivity contribution in [2.24, 2.45) is 0 Å². The van der Waals surface area contributed by atoms with Crippen molar-refractivity contribution in [3.63, 3.8) is 0 Å². The molecule has 0 bridgehead atoms. The van der Waals surface area contributed by atoms with Crippen LogP contribution in [-0.4, -0.2) is 41.3 Å². The summed E-state index contributed by atoms with van der Waals surface area (Å²) in [6.07, 6.45) is 3.53. The number of amides is 2. The molecule has 124 valence electrons. The maximum Gasteiger partial charge on any atom is 0.270 e. The average molecular weight is 431 g/mol. The highest BCUT2D eigenvalue weighted by atomic mass is 127. The zero-order chi connectivity index (χ0) is 16.8. The average Bonchev–Trinajstić information content (AvgIpc) is 2.72. The van der Waals surface area contributed by atoms with Gasteiger partial charge in [0, 0.05) is 41.8 Å². The van der Waals surface area contributed by atoms with Crippen LogP contribution in [0.25, 0.3) is 0 Å². The maximum atomic E-state index is 12.2. The van der Waals surface area contributed by atoms with Crippen LogP contribution < -0.4 is 5.32 Å². The van der Waals surface area contributed by atoms with E-state index in [9.17, 15) is 19.7 Å². The maximum absolute atomic E-state index is 12.2. The lowest BCUT2D eigenvalue weighted by molar-refractivity contribution is -0.384. The first kappa shape index (κ1) is 17.6. The Morgan fingerprint density at radius 3 is 2.87 bits per heavy atom. The minimum absolute atomic E-state index is 0.113. The van der Waals surface area contributed by atoms with Crippen molar-refractivity contribution in [2.45, 2.75) is 25.7 Å². The number of likely N-dealkylation sites (tertiary alicyclic amines) is 1. The monoisotopic (exact) mass is 431 g/mol. The van der Waals surface area contributed by atoms with Gasteiger partial charge in [0.2, 0.25) is 5.91 Å². The summed E-state index contributed by atoms with van der Waals surface area (Å²) < 4.78 is 0.650. The highest BCUT2D eigenvalue weighted by molar-refractivity contribution is 14.1. The van der Waals surface area contributed by atoms with Gasteiger partial charge in [-0.05, 0) is 41.5 Å². The Hall–Kier alpha value is -1.71. The van der Waals surface area contributed by atoms with E-state index in [0.29, 0.717) is 23.1 Å². The van der Waals surface area contributed by atoms with Crippen LogP contribution >= 0.6 is 22.6 Å². The van der Waals surface area contributed by atoms with E-state index in [2.05, 4.69) is 5.32 Å². The van der Waals surface area contributed by atoms with E-state index in [1.807, 2.05) is 22.6 Å². The summed E-state index contributed by atoms with van der Waals surface area (Å²) >= 11 is 1.97. The number of hydrogen-bond acceptors (Lipinski definition) is 4. The minimum Gasteiger partial charge on any atom is -0.350 e. The molecular formula is C15H18IN3O4. The van der Waals surface area contributed by atoms with Gasteiger partial charge < -0.3 is 10.2 Å². The van der Waals surface area contributed by atoms with Crippen LogP contribution in [0, 0.1) is 13.7 Å². The summed E-state index contributed by atoms with van der Waals surface area (Å²) in [4.78, 5) is 36.1. The predicted molar refractivity (Wildman–Crippen MR) is 93.2 cm³/mol. The van der Waals surface area contributed by atoms with Crippen LogP contribution in [-0.2, 0) is 4.79 Å². The molecule has 1 fully saturated rings. The van der Waals surface area contributed by atoms with Gasteiger partial charge >= 0.3 is 0 Å². The summed E-state index contributed by atoms with van der Waals surface area (Å²) in [5.41, 5.74) is 0.167. The molecule has 1 aliphatic heterocycles. The fourth-order valence-electron chi connectivity index (χ4n) is 2.48. The standard InChI is InChI=1S/C15H18IN3O4/c16-13-6-5-11(19(22)23)10-12(13)15(21)17-7-9-18-8-3-1-2-4-14(18)20/h5-6,10H,1-4,7-9H2,(H,17,21). The van der Waals surface area contributed by atoms with Crippen molar-refractivity contribution < 1.29 is 14.5 Å². The Morgan fingerprint density at radius 2 is 2.13 bits per heavy atom. The molecule has 1 aromatic carbocycles. The summed E-state index contributed by atoms with van der Waals surface area (Å²) in [5, 5.41) is 13.5. The van der Waals surface area contributed by atoms with Gasteiger partial charge in [-0.3, -0.25) is 19.7 Å². The van der Waals surface area contributed by atoms with Gasteiger partial charge in [-0.2, -0.15) is 0 Å². The van der Waals surface area contributed by atoms with E-state index < -0.39 is 4.92 Å². The zero-order valence-corrected chi connectivity index (χ0v) is 14.7. The Bertz CT molecular complexity index is 621. The predicted octanol–water partition coefficient (Wildman–Crippen LogP) is 2.33. The smallest absolute Gasteiger partial charge is 0.270 e. The Morgan fingerprint density at radius 1 is 1.35 bits per heavy atom. The van der Waals surface area contributed by atoms with Gasteiger partial charge in [0.15, 0.2) is 0 Å². The first-order chi connectivity index (χ1) is 11.0. The third-order valence-corrected chi connectivity index (χ3v) is 4.68. The fraction of sp³-hybridized carbons (Fsp3) is 0.467. The first-order valence-corrected chi connectivity index (χ1v) is 8.57. The van der Waals surface area contributed by atoms with Crippen molar-refractivity contribution in [1.82, 2.24) is 10.2 Å². The number of carbonyl (C=O) groups excluding carboxylic acids is 2. The number of nitrogens with one attached hydrogen (secondary N) is 1. The van der Waals surface area contributed by atoms with Gasteiger partial charge in [-0.15, -0.1) is 0 Å². The van der Waals surface area contributed by atoms with Crippen molar-refractivity contribution in [1.29, 1.82) is 0 Å². The topological polar surface area (TPSA) is 92.6 Å². The summed E-state index contributed by atoms with van der Waals surface area (Å²) in [6.45, 7) is 1.53. The number of nitrogens with zero attached hydrogens (tertiary/aromatic N) is 2. The fourth-order valence-corrected chi connectivity index (χ4v) is 3.06.